The summed E-state index contributed by atoms with van der Waals surface area (Å²) in [6.45, 7) is 6.06. The van der Waals surface area contributed by atoms with Crippen molar-refractivity contribution >= 4 is 45.3 Å². The normalized spacial score (nSPS) is 14.0. The van der Waals surface area contributed by atoms with Crippen LogP contribution >= 0.6 is 23.1 Å². The van der Waals surface area contributed by atoms with Gasteiger partial charge in [0.15, 0.2) is 5.16 Å². The van der Waals surface area contributed by atoms with Crippen molar-refractivity contribution in [2.45, 2.75) is 18.6 Å². The first-order valence-electron chi connectivity index (χ1n) is 8.20. The van der Waals surface area contributed by atoms with Gasteiger partial charge in [-0.3, -0.25) is 9.36 Å². The van der Waals surface area contributed by atoms with Crippen LogP contribution in [-0.2, 0) is 16.1 Å². The van der Waals surface area contributed by atoms with Crippen molar-refractivity contribution in [2.24, 2.45) is 0 Å². The minimum Gasteiger partial charge on any atom is -0.463 e. The Balaban J connectivity index is 1.93. The molecule has 3 heterocycles. The third-order valence-corrected chi connectivity index (χ3v) is 5.59. The molecule has 0 fully saturated rings. The molecule has 10 heteroatoms. The number of urea groups is 1. The first kappa shape index (κ1) is 19.2. The van der Waals surface area contributed by atoms with Crippen LogP contribution in [0.25, 0.3) is 10.2 Å². The highest BCUT2D eigenvalue weighted by atomic mass is 32.2. The molecule has 27 heavy (non-hydrogen) atoms. The fourth-order valence-electron chi connectivity index (χ4n) is 2.54. The summed E-state index contributed by atoms with van der Waals surface area (Å²) in [5.41, 5.74) is 0.671. The van der Waals surface area contributed by atoms with Gasteiger partial charge in [0.05, 0.1) is 24.1 Å². The van der Waals surface area contributed by atoms with Gasteiger partial charge in [-0.15, -0.1) is 17.9 Å². The average Bonchev–Trinajstić information content (AvgIpc) is 3.11. The van der Waals surface area contributed by atoms with E-state index in [1.165, 1.54) is 27.7 Å². The summed E-state index contributed by atoms with van der Waals surface area (Å²) in [5.74, 6) is -0.215. The lowest BCUT2D eigenvalue weighted by molar-refractivity contribution is -0.138. The Bertz CT molecular complexity index is 992. The third-order valence-electron chi connectivity index (χ3n) is 3.78. The molecule has 3 rings (SSSR count). The number of thiophene rings is 1. The molecular formula is C17H18N4O4S2. The molecule has 0 bridgehead atoms. The molecule has 0 aliphatic carbocycles. The Morgan fingerprint density at radius 3 is 3.07 bits per heavy atom. The molecule has 0 unspecified atom stereocenters. The van der Waals surface area contributed by atoms with Crippen LogP contribution in [0.15, 0.2) is 45.3 Å². The van der Waals surface area contributed by atoms with Crippen LogP contribution in [0, 0.1) is 0 Å². The largest absolute Gasteiger partial charge is 0.463 e. The van der Waals surface area contributed by atoms with Gasteiger partial charge in [0.1, 0.15) is 4.83 Å². The molecule has 2 amide bonds. The zero-order valence-electron chi connectivity index (χ0n) is 14.6. The van der Waals surface area contributed by atoms with E-state index in [1.807, 2.05) is 5.38 Å². The maximum Gasteiger partial charge on any atom is 0.337 e. The number of nitrogens with one attached hydrogen (secondary N) is 2. The van der Waals surface area contributed by atoms with Gasteiger partial charge >= 0.3 is 12.0 Å². The molecular weight excluding hydrogens is 388 g/mol. The Morgan fingerprint density at radius 1 is 1.52 bits per heavy atom. The molecule has 2 aromatic rings. The van der Waals surface area contributed by atoms with E-state index in [0.29, 0.717) is 33.2 Å². The lowest BCUT2D eigenvalue weighted by Gasteiger charge is -2.21. The molecule has 0 spiro atoms. The van der Waals surface area contributed by atoms with Gasteiger partial charge in [-0.1, -0.05) is 17.8 Å². The Hall–Kier alpha value is -2.59. The number of aromatic nitrogens is 2. The number of fused-ring (bicyclic) bond motifs is 1. The second-order valence-corrected chi connectivity index (χ2v) is 7.35. The van der Waals surface area contributed by atoms with Gasteiger partial charge in [0.25, 0.3) is 5.56 Å². The van der Waals surface area contributed by atoms with E-state index in [4.69, 9.17) is 4.74 Å². The van der Waals surface area contributed by atoms with Crippen molar-refractivity contribution in [2.75, 3.05) is 18.9 Å². The average molecular weight is 406 g/mol. The number of nitrogens with zero attached hydrogens (tertiary/aromatic N) is 2. The SMILES string of the molecule is C=CCn1c(SCC2=C(C(=O)OCC)CNC(=O)N2)nc2sccc2c1=O. The van der Waals surface area contributed by atoms with Crippen molar-refractivity contribution in [3.63, 3.8) is 0 Å². The van der Waals surface area contributed by atoms with E-state index in [9.17, 15) is 14.4 Å². The quantitative estimate of drug-likeness (QED) is 0.315. The zero-order chi connectivity index (χ0) is 19.4. The summed E-state index contributed by atoms with van der Waals surface area (Å²) in [6.07, 6.45) is 1.63. The van der Waals surface area contributed by atoms with Crippen LogP contribution in [0.3, 0.4) is 0 Å². The van der Waals surface area contributed by atoms with E-state index >= 15 is 0 Å². The van der Waals surface area contributed by atoms with Crippen LogP contribution in [0.5, 0.6) is 0 Å². The van der Waals surface area contributed by atoms with Gasteiger partial charge < -0.3 is 15.4 Å². The summed E-state index contributed by atoms with van der Waals surface area (Å²) in [6, 6.07) is 1.36. The Kier molecular flexibility index (Phi) is 5.97. The molecule has 142 valence electrons. The molecule has 0 radical (unpaired) electrons. The first-order valence-corrected chi connectivity index (χ1v) is 10.1. The summed E-state index contributed by atoms with van der Waals surface area (Å²) in [7, 11) is 0. The number of carbonyl (C=O) groups excluding carboxylic acids is 2. The number of hydrogen-bond donors (Lipinski definition) is 2. The Morgan fingerprint density at radius 2 is 2.33 bits per heavy atom. The van der Waals surface area contributed by atoms with Crippen LogP contribution < -0.4 is 16.2 Å². The maximum absolute atomic E-state index is 12.7. The van der Waals surface area contributed by atoms with Crippen molar-refractivity contribution in [3.8, 4) is 0 Å². The molecule has 2 aromatic heterocycles. The molecule has 0 aromatic carbocycles. The highest BCUT2D eigenvalue weighted by Gasteiger charge is 2.24. The standard InChI is InChI=1S/C17H18N4O4S2/c1-3-6-21-14(22)10-5-7-26-13(10)20-17(21)27-9-12-11(15(23)25-4-2)8-18-16(24)19-12/h3,5,7H,1,4,6,8-9H2,2H3,(H2,18,19,24). The second-order valence-electron chi connectivity index (χ2n) is 5.51. The zero-order valence-corrected chi connectivity index (χ0v) is 16.2. The fourth-order valence-corrected chi connectivity index (χ4v) is 4.34. The summed E-state index contributed by atoms with van der Waals surface area (Å²) >= 11 is 2.66. The van der Waals surface area contributed by atoms with Gasteiger partial charge in [0, 0.05) is 18.0 Å². The Labute approximate surface area is 163 Å². The minimum absolute atomic E-state index is 0.0947. The van der Waals surface area contributed by atoms with Crippen molar-refractivity contribution in [3.05, 3.63) is 45.7 Å². The van der Waals surface area contributed by atoms with Crippen LogP contribution in [0.2, 0.25) is 0 Å². The van der Waals surface area contributed by atoms with Crippen LogP contribution in [0.4, 0.5) is 4.79 Å². The van der Waals surface area contributed by atoms with Crippen LogP contribution in [0.1, 0.15) is 6.92 Å². The van der Waals surface area contributed by atoms with Gasteiger partial charge in [-0.05, 0) is 18.4 Å². The molecule has 1 aliphatic rings. The number of ether oxygens (including phenoxy) is 1. The maximum atomic E-state index is 12.7. The number of hydrogen-bond acceptors (Lipinski definition) is 7. The summed E-state index contributed by atoms with van der Waals surface area (Å²) < 4.78 is 6.58. The molecule has 1 aliphatic heterocycles. The number of rotatable bonds is 7. The predicted molar refractivity (Wildman–Crippen MR) is 105 cm³/mol. The van der Waals surface area contributed by atoms with Crippen molar-refractivity contribution in [1.29, 1.82) is 0 Å². The first-order chi connectivity index (χ1) is 13.0. The van der Waals surface area contributed by atoms with E-state index in [-0.39, 0.29) is 30.5 Å². The fraction of sp³-hybridized carbons (Fsp3) is 0.294. The minimum atomic E-state index is -0.481. The smallest absolute Gasteiger partial charge is 0.337 e. The molecule has 2 N–H and O–H groups in total. The number of carbonyl (C=O) groups is 2. The monoisotopic (exact) mass is 406 g/mol. The van der Waals surface area contributed by atoms with Crippen LogP contribution in [-0.4, -0.2) is 40.5 Å². The second kappa shape index (κ2) is 8.40. The molecule has 8 nitrogen and oxygen atoms in total. The van der Waals surface area contributed by atoms with E-state index in [0.717, 1.165) is 0 Å². The molecule has 0 saturated carbocycles. The highest BCUT2D eigenvalue weighted by molar-refractivity contribution is 7.99. The lowest BCUT2D eigenvalue weighted by Crippen LogP contribution is -2.44. The van der Waals surface area contributed by atoms with Gasteiger partial charge in [-0.25, -0.2) is 14.6 Å². The number of allylic oxidation sites excluding steroid dienone is 1. The van der Waals surface area contributed by atoms with Crippen molar-refractivity contribution in [1.82, 2.24) is 20.2 Å². The van der Waals surface area contributed by atoms with E-state index in [2.05, 4.69) is 22.2 Å². The number of thioether (sulfide) groups is 1. The summed E-state index contributed by atoms with van der Waals surface area (Å²) in [4.78, 5) is 41.7. The van der Waals surface area contributed by atoms with E-state index < -0.39 is 5.97 Å². The number of esters is 1. The third kappa shape index (κ3) is 4.06. The number of amides is 2. The van der Waals surface area contributed by atoms with Gasteiger partial charge in [-0.2, -0.15) is 0 Å². The predicted octanol–water partition coefficient (Wildman–Crippen LogP) is 1.87. The lowest BCUT2D eigenvalue weighted by atomic mass is 10.2. The molecule has 0 saturated heterocycles. The topological polar surface area (TPSA) is 102 Å². The molecule has 0 atom stereocenters. The summed E-state index contributed by atoms with van der Waals surface area (Å²) in [5, 5.41) is 8.09. The van der Waals surface area contributed by atoms with Crippen molar-refractivity contribution < 1.29 is 14.3 Å². The highest BCUT2D eigenvalue weighted by Crippen LogP contribution is 2.24. The van der Waals surface area contributed by atoms with Gasteiger partial charge in [0.2, 0.25) is 0 Å². The van der Waals surface area contributed by atoms with E-state index in [1.54, 1.807) is 19.1 Å².